The van der Waals surface area contributed by atoms with Gasteiger partial charge in [0.05, 0.1) is 6.10 Å². The first-order valence-electron chi connectivity index (χ1n) is 6.63. The largest absolute Gasteiger partial charge is 0.491 e. The van der Waals surface area contributed by atoms with E-state index in [1.165, 1.54) is 0 Å². The summed E-state index contributed by atoms with van der Waals surface area (Å²) < 4.78 is 5.54. The van der Waals surface area contributed by atoms with Crippen molar-refractivity contribution in [3.05, 3.63) is 29.8 Å². The van der Waals surface area contributed by atoms with Crippen LogP contribution in [0.5, 0.6) is 5.75 Å². The van der Waals surface area contributed by atoms with Gasteiger partial charge in [0.1, 0.15) is 11.8 Å². The molecule has 4 nitrogen and oxygen atoms in total. The van der Waals surface area contributed by atoms with Gasteiger partial charge in [0.2, 0.25) is 0 Å². The molecule has 106 valence electrons. The van der Waals surface area contributed by atoms with Crippen molar-refractivity contribution in [2.24, 2.45) is 5.92 Å². The minimum atomic E-state index is -0.863. The van der Waals surface area contributed by atoms with Crippen LogP contribution in [0.3, 0.4) is 0 Å². The predicted octanol–water partition coefficient (Wildman–Crippen LogP) is 2.85. The molecule has 2 N–H and O–H groups in total. The Morgan fingerprint density at radius 3 is 2.21 bits per heavy atom. The van der Waals surface area contributed by atoms with Gasteiger partial charge in [0, 0.05) is 0 Å². The molecule has 0 radical (unpaired) electrons. The summed E-state index contributed by atoms with van der Waals surface area (Å²) in [6.07, 6.45) is 0.111. The van der Waals surface area contributed by atoms with E-state index in [0.717, 1.165) is 11.3 Å². The highest BCUT2D eigenvalue weighted by Crippen LogP contribution is 2.19. The summed E-state index contributed by atoms with van der Waals surface area (Å²) in [5, 5.41) is 12.3. The Kier molecular flexibility index (Phi) is 5.83. The number of carboxylic acid groups (broad SMARTS) is 1. The van der Waals surface area contributed by atoms with E-state index in [-0.39, 0.29) is 6.10 Å². The van der Waals surface area contributed by atoms with Gasteiger partial charge in [-0.05, 0) is 44.0 Å². The van der Waals surface area contributed by atoms with Gasteiger partial charge < -0.3 is 15.2 Å². The van der Waals surface area contributed by atoms with E-state index in [4.69, 9.17) is 4.74 Å². The van der Waals surface area contributed by atoms with Gasteiger partial charge in [-0.3, -0.25) is 4.79 Å². The van der Waals surface area contributed by atoms with Crippen molar-refractivity contribution in [2.75, 3.05) is 6.54 Å². The molecule has 0 saturated heterocycles. The molecule has 0 bridgehead atoms. The molecule has 1 unspecified atom stereocenters. The smallest absolute Gasteiger partial charge is 0.325 e. The SMILES string of the molecule is CC(C)CNC(C(=O)O)c1ccc(OC(C)C)cc1. The molecule has 0 aliphatic heterocycles. The second-order valence-electron chi connectivity index (χ2n) is 5.31. The third kappa shape index (κ3) is 5.30. The van der Waals surface area contributed by atoms with E-state index in [0.29, 0.717) is 12.5 Å². The van der Waals surface area contributed by atoms with E-state index in [1.807, 2.05) is 39.8 Å². The van der Waals surface area contributed by atoms with Crippen molar-refractivity contribution in [1.82, 2.24) is 5.32 Å². The summed E-state index contributed by atoms with van der Waals surface area (Å²) in [7, 11) is 0. The summed E-state index contributed by atoms with van der Waals surface area (Å²) in [4.78, 5) is 11.3. The Labute approximate surface area is 114 Å². The summed E-state index contributed by atoms with van der Waals surface area (Å²) in [5.74, 6) is 0.301. The van der Waals surface area contributed by atoms with Gasteiger partial charge in [-0.25, -0.2) is 0 Å². The maximum absolute atomic E-state index is 11.3. The maximum Gasteiger partial charge on any atom is 0.325 e. The molecule has 0 saturated carbocycles. The number of benzene rings is 1. The van der Waals surface area contributed by atoms with E-state index in [9.17, 15) is 9.90 Å². The maximum atomic E-state index is 11.3. The number of rotatable bonds is 7. The average molecular weight is 265 g/mol. The third-order valence-electron chi connectivity index (χ3n) is 2.56. The molecular weight excluding hydrogens is 242 g/mol. The van der Waals surface area contributed by atoms with Crippen LogP contribution in [-0.2, 0) is 4.79 Å². The lowest BCUT2D eigenvalue weighted by Gasteiger charge is -2.17. The topological polar surface area (TPSA) is 58.6 Å². The van der Waals surface area contributed by atoms with E-state index in [1.54, 1.807) is 12.1 Å². The Morgan fingerprint density at radius 2 is 1.79 bits per heavy atom. The zero-order valence-corrected chi connectivity index (χ0v) is 12.0. The molecule has 0 amide bonds. The highest BCUT2D eigenvalue weighted by Gasteiger charge is 2.19. The quantitative estimate of drug-likeness (QED) is 0.796. The standard InChI is InChI=1S/C15H23NO3/c1-10(2)9-16-14(15(17)18)12-5-7-13(8-6-12)19-11(3)4/h5-8,10-11,14,16H,9H2,1-4H3,(H,17,18). The van der Waals surface area contributed by atoms with Gasteiger partial charge in [-0.1, -0.05) is 26.0 Å². The lowest BCUT2D eigenvalue weighted by molar-refractivity contribution is -0.139. The van der Waals surface area contributed by atoms with Crippen molar-refractivity contribution in [1.29, 1.82) is 0 Å². The monoisotopic (exact) mass is 265 g/mol. The fourth-order valence-electron chi connectivity index (χ4n) is 1.71. The van der Waals surface area contributed by atoms with Crippen molar-refractivity contribution < 1.29 is 14.6 Å². The molecule has 0 aliphatic carbocycles. The van der Waals surface area contributed by atoms with Crippen molar-refractivity contribution in [3.63, 3.8) is 0 Å². The zero-order chi connectivity index (χ0) is 14.4. The molecular formula is C15H23NO3. The highest BCUT2D eigenvalue weighted by molar-refractivity contribution is 5.75. The summed E-state index contributed by atoms with van der Waals surface area (Å²) >= 11 is 0. The summed E-state index contributed by atoms with van der Waals surface area (Å²) in [6, 6.07) is 6.54. The first kappa shape index (κ1) is 15.5. The second kappa shape index (κ2) is 7.14. The molecule has 1 rings (SSSR count). The van der Waals surface area contributed by atoms with Crippen LogP contribution in [-0.4, -0.2) is 23.7 Å². The molecule has 1 atom stereocenters. The number of aliphatic carboxylic acids is 1. The average Bonchev–Trinajstić information content (AvgIpc) is 2.29. The fourth-order valence-corrected chi connectivity index (χ4v) is 1.71. The molecule has 0 heterocycles. The lowest BCUT2D eigenvalue weighted by atomic mass is 10.1. The number of carboxylic acids is 1. The number of nitrogens with one attached hydrogen (secondary N) is 1. The van der Waals surface area contributed by atoms with Gasteiger partial charge in [-0.15, -0.1) is 0 Å². The van der Waals surface area contributed by atoms with Gasteiger partial charge in [0.25, 0.3) is 0 Å². The molecule has 19 heavy (non-hydrogen) atoms. The van der Waals surface area contributed by atoms with E-state index >= 15 is 0 Å². The number of hydrogen-bond donors (Lipinski definition) is 2. The second-order valence-corrected chi connectivity index (χ2v) is 5.31. The van der Waals surface area contributed by atoms with Crippen molar-refractivity contribution in [3.8, 4) is 5.75 Å². The number of hydrogen-bond acceptors (Lipinski definition) is 3. The number of ether oxygens (including phenoxy) is 1. The Balaban J connectivity index is 2.76. The molecule has 0 aromatic heterocycles. The van der Waals surface area contributed by atoms with Gasteiger partial charge >= 0.3 is 5.97 Å². The molecule has 0 fully saturated rings. The normalized spacial score (nSPS) is 12.7. The number of carbonyl (C=O) groups is 1. The van der Waals surface area contributed by atoms with Crippen LogP contribution in [0, 0.1) is 5.92 Å². The minimum Gasteiger partial charge on any atom is -0.491 e. The first-order chi connectivity index (χ1) is 8.90. The minimum absolute atomic E-state index is 0.111. The van der Waals surface area contributed by atoms with E-state index in [2.05, 4.69) is 5.32 Å². The van der Waals surface area contributed by atoms with E-state index < -0.39 is 12.0 Å². The van der Waals surface area contributed by atoms with Crippen LogP contribution < -0.4 is 10.1 Å². The summed E-state index contributed by atoms with van der Waals surface area (Å²) in [6.45, 7) is 8.68. The van der Waals surface area contributed by atoms with Crippen LogP contribution >= 0.6 is 0 Å². The third-order valence-corrected chi connectivity index (χ3v) is 2.56. The highest BCUT2D eigenvalue weighted by atomic mass is 16.5. The van der Waals surface area contributed by atoms with Gasteiger partial charge in [-0.2, -0.15) is 0 Å². The summed E-state index contributed by atoms with van der Waals surface area (Å²) in [5.41, 5.74) is 0.740. The van der Waals surface area contributed by atoms with Crippen molar-refractivity contribution >= 4 is 5.97 Å². The molecule has 0 aliphatic rings. The fraction of sp³-hybridized carbons (Fsp3) is 0.533. The molecule has 0 spiro atoms. The molecule has 4 heteroatoms. The van der Waals surface area contributed by atoms with Crippen LogP contribution in [0.25, 0.3) is 0 Å². The Bertz CT molecular complexity index is 398. The van der Waals surface area contributed by atoms with Crippen LogP contribution in [0.2, 0.25) is 0 Å². The lowest BCUT2D eigenvalue weighted by Crippen LogP contribution is -2.31. The van der Waals surface area contributed by atoms with Crippen molar-refractivity contribution in [2.45, 2.75) is 39.8 Å². The van der Waals surface area contributed by atoms with Crippen LogP contribution in [0.4, 0.5) is 0 Å². The Hall–Kier alpha value is -1.55. The molecule has 1 aromatic rings. The predicted molar refractivity (Wildman–Crippen MR) is 75.4 cm³/mol. The first-order valence-corrected chi connectivity index (χ1v) is 6.63. The zero-order valence-electron chi connectivity index (χ0n) is 12.0. The molecule has 1 aromatic carbocycles. The Morgan fingerprint density at radius 1 is 1.21 bits per heavy atom. The van der Waals surface area contributed by atoms with Crippen LogP contribution in [0.15, 0.2) is 24.3 Å². The van der Waals surface area contributed by atoms with Crippen LogP contribution in [0.1, 0.15) is 39.3 Å². The van der Waals surface area contributed by atoms with Gasteiger partial charge in [0.15, 0.2) is 0 Å².